The minimum atomic E-state index is -1.26. The summed E-state index contributed by atoms with van der Waals surface area (Å²) in [5.41, 5.74) is 4.83. The van der Waals surface area contributed by atoms with E-state index in [0.29, 0.717) is 27.7 Å². The average Bonchev–Trinajstić information content (AvgIpc) is 3.39. The number of aromatic amines is 1. The van der Waals surface area contributed by atoms with Crippen molar-refractivity contribution in [1.82, 2.24) is 25.4 Å². The standard InChI is InChI=1S/C16H14FN7O5S3/c17-11-7(22-16(18)32-11)8(23-29)12(25)21-9-13(26)24-10(15(27)28)6(4-31-14(9)24)30-3-5-1-19-20-2-5/h1-2,9,14,29H,3-4H2,(H2,18,22)(H,19,20)(H,21,25)(H,27,28)/b23-8-/t9-,14-/m1/s1. The largest absolute Gasteiger partial charge is 0.477 e. The van der Waals surface area contributed by atoms with Gasteiger partial charge in [-0.1, -0.05) is 16.5 Å². The third-order valence-electron chi connectivity index (χ3n) is 4.53. The number of nitrogens with one attached hydrogen (secondary N) is 2. The van der Waals surface area contributed by atoms with Gasteiger partial charge in [0.15, 0.2) is 10.8 Å². The SMILES string of the molecule is Nc1nc(/C(=N/O)C(=O)N[C@@H]2C(=O)N3C(C(=O)O)=C(SCc4cn[nH]c4)CS[C@H]23)c(F)s1. The van der Waals surface area contributed by atoms with Gasteiger partial charge in [-0.15, -0.1) is 23.5 Å². The molecule has 6 N–H and O–H groups in total. The summed E-state index contributed by atoms with van der Waals surface area (Å²) in [6.45, 7) is 0. The summed E-state index contributed by atoms with van der Waals surface area (Å²) in [5, 5.41) is 28.7. The van der Waals surface area contributed by atoms with Crippen LogP contribution >= 0.6 is 34.9 Å². The van der Waals surface area contributed by atoms with Crippen LogP contribution in [-0.2, 0) is 20.1 Å². The number of nitrogens with zero attached hydrogens (tertiary/aromatic N) is 4. The minimum Gasteiger partial charge on any atom is -0.477 e. The number of thiazole rings is 1. The van der Waals surface area contributed by atoms with Crippen LogP contribution in [0.25, 0.3) is 0 Å². The van der Waals surface area contributed by atoms with Crippen LogP contribution in [0.3, 0.4) is 0 Å². The first-order valence-electron chi connectivity index (χ1n) is 8.78. The van der Waals surface area contributed by atoms with Crippen LogP contribution in [0.2, 0.25) is 0 Å². The van der Waals surface area contributed by atoms with Crippen molar-refractivity contribution in [1.29, 1.82) is 0 Å². The van der Waals surface area contributed by atoms with E-state index in [2.05, 4.69) is 25.7 Å². The molecular weight excluding hydrogens is 485 g/mol. The van der Waals surface area contributed by atoms with Crippen molar-refractivity contribution in [2.75, 3.05) is 11.5 Å². The number of hydrogen-bond acceptors (Lipinski definition) is 11. The Labute approximate surface area is 191 Å². The number of carbonyl (C=O) groups excluding carboxylic acids is 2. The minimum absolute atomic E-state index is 0.146. The van der Waals surface area contributed by atoms with Crippen molar-refractivity contribution in [3.63, 3.8) is 0 Å². The van der Waals surface area contributed by atoms with Gasteiger partial charge in [0.25, 0.3) is 11.8 Å². The maximum Gasteiger partial charge on any atom is 0.353 e. The Balaban J connectivity index is 1.49. The number of amides is 2. The summed E-state index contributed by atoms with van der Waals surface area (Å²) >= 11 is 3.02. The number of aliphatic carboxylic acids is 1. The molecule has 0 radical (unpaired) electrons. The Morgan fingerprint density at radius 3 is 2.88 bits per heavy atom. The third kappa shape index (κ3) is 3.91. The molecule has 2 amide bonds. The van der Waals surface area contributed by atoms with Crippen LogP contribution in [-0.4, -0.2) is 71.1 Å². The van der Waals surface area contributed by atoms with Gasteiger partial charge in [0.2, 0.25) is 5.13 Å². The van der Waals surface area contributed by atoms with Crippen LogP contribution in [0.4, 0.5) is 9.52 Å². The van der Waals surface area contributed by atoms with E-state index in [1.165, 1.54) is 23.5 Å². The van der Waals surface area contributed by atoms with Crippen LogP contribution in [0.5, 0.6) is 0 Å². The molecule has 16 heteroatoms. The van der Waals surface area contributed by atoms with Crippen molar-refractivity contribution in [3.05, 3.63) is 39.4 Å². The Hall–Kier alpha value is -3.11. The number of carboxylic acids is 1. The quantitative estimate of drug-likeness (QED) is 0.154. The lowest BCUT2D eigenvalue weighted by atomic mass is 10.0. The summed E-state index contributed by atoms with van der Waals surface area (Å²) < 4.78 is 13.9. The van der Waals surface area contributed by atoms with Gasteiger partial charge in [0.1, 0.15) is 22.8 Å². The van der Waals surface area contributed by atoms with Crippen molar-refractivity contribution in [2.45, 2.75) is 17.2 Å². The second-order valence-electron chi connectivity index (χ2n) is 6.46. The molecular formula is C16H14FN7O5S3. The Kier molecular flexibility index (Phi) is 6.07. The van der Waals surface area contributed by atoms with E-state index in [9.17, 15) is 23.9 Å². The number of carboxylic acid groups (broad SMARTS) is 1. The summed E-state index contributed by atoms with van der Waals surface area (Å²) in [6.07, 6.45) is 3.30. The van der Waals surface area contributed by atoms with E-state index in [-0.39, 0.29) is 10.8 Å². The Morgan fingerprint density at radius 2 is 2.28 bits per heavy atom. The number of hydrogen-bond donors (Lipinski definition) is 5. The highest BCUT2D eigenvalue weighted by Gasteiger charge is 2.54. The van der Waals surface area contributed by atoms with Crippen molar-refractivity contribution in [3.8, 4) is 0 Å². The van der Waals surface area contributed by atoms with E-state index in [1.54, 1.807) is 12.4 Å². The van der Waals surface area contributed by atoms with E-state index < -0.39 is 45.7 Å². The van der Waals surface area contributed by atoms with Gasteiger partial charge >= 0.3 is 5.97 Å². The molecule has 12 nitrogen and oxygen atoms in total. The molecule has 168 valence electrons. The highest BCUT2D eigenvalue weighted by molar-refractivity contribution is 8.05. The van der Waals surface area contributed by atoms with Gasteiger partial charge in [0.05, 0.1) is 6.20 Å². The van der Waals surface area contributed by atoms with Crippen molar-refractivity contribution >= 4 is 63.5 Å². The predicted octanol–water partition coefficient (Wildman–Crippen LogP) is 0.395. The third-order valence-corrected chi connectivity index (χ3v) is 7.83. The fourth-order valence-corrected chi connectivity index (χ4v) is 6.21. The molecule has 0 spiro atoms. The highest BCUT2D eigenvalue weighted by Crippen LogP contribution is 2.44. The molecule has 0 aliphatic carbocycles. The number of halogens is 1. The maximum absolute atomic E-state index is 13.9. The number of nitrogen functional groups attached to an aromatic ring is 1. The predicted molar refractivity (Wildman–Crippen MR) is 114 cm³/mol. The van der Waals surface area contributed by atoms with Crippen molar-refractivity contribution in [2.24, 2.45) is 5.16 Å². The van der Waals surface area contributed by atoms with Crippen LogP contribution in [0, 0.1) is 5.13 Å². The fourth-order valence-electron chi connectivity index (χ4n) is 3.10. The van der Waals surface area contributed by atoms with Gasteiger partial charge in [-0.25, -0.2) is 9.78 Å². The molecule has 0 unspecified atom stereocenters. The smallest absolute Gasteiger partial charge is 0.353 e. The lowest BCUT2D eigenvalue weighted by Gasteiger charge is -2.49. The Morgan fingerprint density at radius 1 is 1.50 bits per heavy atom. The number of anilines is 1. The van der Waals surface area contributed by atoms with Gasteiger partial charge < -0.3 is 21.4 Å². The maximum atomic E-state index is 13.9. The molecule has 0 aromatic carbocycles. The normalized spacial score (nSPS) is 20.7. The first-order valence-corrected chi connectivity index (χ1v) is 11.6. The van der Waals surface area contributed by atoms with E-state index in [1.807, 2.05) is 0 Å². The number of rotatable bonds is 7. The summed E-state index contributed by atoms with van der Waals surface area (Å²) in [4.78, 5) is 42.3. The molecule has 0 saturated carbocycles. The number of oxime groups is 1. The molecule has 1 fully saturated rings. The number of thioether (sulfide) groups is 2. The second-order valence-corrected chi connectivity index (χ2v) is 9.61. The number of fused-ring (bicyclic) bond motifs is 1. The van der Waals surface area contributed by atoms with Gasteiger partial charge in [-0.05, 0) is 0 Å². The highest BCUT2D eigenvalue weighted by atomic mass is 32.2. The first kappa shape index (κ1) is 22.1. The topological polar surface area (TPSA) is 187 Å². The van der Waals surface area contributed by atoms with E-state index in [4.69, 9.17) is 10.9 Å². The van der Waals surface area contributed by atoms with Gasteiger partial charge in [0, 0.05) is 28.2 Å². The van der Waals surface area contributed by atoms with Gasteiger partial charge in [-0.2, -0.15) is 9.49 Å². The lowest BCUT2D eigenvalue weighted by molar-refractivity contribution is -0.150. The summed E-state index contributed by atoms with van der Waals surface area (Å²) in [7, 11) is 0. The zero-order valence-electron chi connectivity index (χ0n) is 15.8. The monoisotopic (exact) mass is 499 g/mol. The second kappa shape index (κ2) is 8.79. The number of H-pyrrole nitrogens is 1. The zero-order valence-corrected chi connectivity index (χ0v) is 18.3. The average molecular weight is 500 g/mol. The van der Waals surface area contributed by atoms with Gasteiger partial charge in [-0.3, -0.25) is 19.6 Å². The molecule has 2 aromatic heterocycles. The number of nitrogens with two attached hydrogens (primary N) is 1. The summed E-state index contributed by atoms with van der Waals surface area (Å²) in [6, 6.07) is -1.09. The molecule has 2 aromatic rings. The molecule has 4 heterocycles. The van der Waals surface area contributed by atoms with Crippen LogP contribution < -0.4 is 11.1 Å². The van der Waals surface area contributed by atoms with Crippen molar-refractivity contribution < 1.29 is 29.1 Å². The van der Waals surface area contributed by atoms with E-state index >= 15 is 0 Å². The van der Waals surface area contributed by atoms with Crippen LogP contribution in [0.15, 0.2) is 28.2 Å². The first-order chi connectivity index (χ1) is 15.3. The molecule has 2 atom stereocenters. The molecule has 32 heavy (non-hydrogen) atoms. The van der Waals surface area contributed by atoms with E-state index in [0.717, 1.165) is 10.5 Å². The zero-order chi connectivity index (χ0) is 23.0. The fraction of sp³-hybridized carbons (Fsp3) is 0.250. The Bertz CT molecular complexity index is 1150. The van der Waals surface area contributed by atoms with Crippen LogP contribution in [0.1, 0.15) is 11.3 Å². The molecule has 2 aliphatic heterocycles. The molecule has 4 rings (SSSR count). The number of carbonyl (C=O) groups is 3. The molecule has 0 bridgehead atoms. The lowest BCUT2D eigenvalue weighted by Crippen LogP contribution is -2.71. The molecule has 1 saturated heterocycles. The molecule has 2 aliphatic rings. The number of β-lactam (4-membered cyclic amide) rings is 1. The summed E-state index contributed by atoms with van der Waals surface area (Å²) in [5.74, 6) is -2.18. The number of aromatic nitrogens is 3.